The summed E-state index contributed by atoms with van der Waals surface area (Å²) in [5.41, 5.74) is 1.73. The monoisotopic (exact) mass is 572 g/mol. The summed E-state index contributed by atoms with van der Waals surface area (Å²) in [5, 5.41) is 5.41. The molecule has 4 rings (SSSR count). The molecule has 2 heterocycles. The Balaban J connectivity index is 1.51. The van der Waals surface area contributed by atoms with Gasteiger partial charge in [-0.15, -0.1) is 0 Å². The number of para-hydroxylation sites is 1. The minimum Gasteiger partial charge on any atom is -0.493 e. The quantitative estimate of drug-likeness (QED) is 0.366. The van der Waals surface area contributed by atoms with Gasteiger partial charge >= 0.3 is 0 Å². The number of hydrogen-bond acceptors (Lipinski definition) is 5. The van der Waals surface area contributed by atoms with Crippen molar-refractivity contribution < 1.29 is 23.5 Å². The van der Waals surface area contributed by atoms with Gasteiger partial charge in [0.05, 0.1) is 35.2 Å². The highest BCUT2D eigenvalue weighted by Crippen LogP contribution is 2.28. The van der Waals surface area contributed by atoms with E-state index in [-0.39, 0.29) is 59.7 Å². The molecule has 0 aliphatic carbocycles. The molecule has 0 unspecified atom stereocenters. The van der Waals surface area contributed by atoms with Gasteiger partial charge in [-0.1, -0.05) is 43.6 Å². The fourth-order valence-corrected chi connectivity index (χ4v) is 5.06. The fraction of sp³-hybridized carbons (Fsp3) is 0.414. The zero-order valence-electron chi connectivity index (χ0n) is 23.1. The molecule has 0 saturated carbocycles. The maximum atomic E-state index is 13.9. The molecule has 1 aliphatic rings. The number of carbonyl (C=O) groups excluding carboxylic acids is 2. The Morgan fingerprint density at radius 1 is 1.20 bits per heavy atom. The van der Waals surface area contributed by atoms with Crippen molar-refractivity contribution in [3.05, 3.63) is 74.4 Å². The van der Waals surface area contributed by atoms with Gasteiger partial charge in [-0.25, -0.2) is 9.07 Å². The molecule has 1 aromatic heterocycles. The lowest BCUT2D eigenvalue weighted by atomic mass is 9.88. The average molecular weight is 573 g/mol. The Morgan fingerprint density at radius 3 is 2.67 bits per heavy atom. The van der Waals surface area contributed by atoms with E-state index in [9.17, 15) is 18.8 Å². The molecular weight excluding hydrogens is 539 g/mol. The van der Waals surface area contributed by atoms with Gasteiger partial charge in [-0.3, -0.25) is 19.1 Å². The predicted molar refractivity (Wildman–Crippen MR) is 151 cm³/mol. The normalized spacial score (nSPS) is 12.8. The van der Waals surface area contributed by atoms with Gasteiger partial charge in [0, 0.05) is 32.7 Å². The summed E-state index contributed by atoms with van der Waals surface area (Å²) in [6, 6.07) is 10.0. The van der Waals surface area contributed by atoms with Crippen LogP contribution in [-0.2, 0) is 29.1 Å². The topological polar surface area (TPSA) is 104 Å². The van der Waals surface area contributed by atoms with E-state index >= 15 is 0 Å². The van der Waals surface area contributed by atoms with E-state index in [0.29, 0.717) is 12.2 Å². The number of ether oxygens (including phenoxy) is 2. The van der Waals surface area contributed by atoms with Gasteiger partial charge in [0.1, 0.15) is 17.3 Å². The molecule has 2 amide bonds. The standard InChI is InChI=1S/C29H34ClFN4O5/c1-5-40-24-14-21(31)20(30)13-19(24)27(37)32-17-29(2,3)15-25(36)33-26-23(16-39-4)34-12-8-10-18-9-6-7-11-22(18)35(34)28(26)38/h6-7,9,11,13-14H,5,8,10,12,15-17H2,1-4H3,(H,32,37)(H,33,36). The molecular formula is C29H34ClFN4O5. The van der Waals surface area contributed by atoms with Crippen LogP contribution in [0.3, 0.4) is 0 Å². The number of halogens is 2. The van der Waals surface area contributed by atoms with Crippen LogP contribution < -0.4 is 20.9 Å². The van der Waals surface area contributed by atoms with E-state index in [1.54, 1.807) is 18.7 Å². The second-order valence-electron chi connectivity index (χ2n) is 10.5. The van der Waals surface area contributed by atoms with Crippen LogP contribution >= 0.6 is 11.6 Å². The van der Waals surface area contributed by atoms with Crippen molar-refractivity contribution in [2.75, 3.05) is 25.6 Å². The number of nitrogens with one attached hydrogen (secondary N) is 2. The molecule has 9 nitrogen and oxygen atoms in total. The lowest BCUT2D eigenvalue weighted by molar-refractivity contribution is -0.118. The van der Waals surface area contributed by atoms with Gasteiger partial charge < -0.3 is 20.1 Å². The van der Waals surface area contributed by atoms with Crippen molar-refractivity contribution in [1.82, 2.24) is 14.7 Å². The first-order valence-electron chi connectivity index (χ1n) is 13.2. The summed E-state index contributed by atoms with van der Waals surface area (Å²) < 4.78 is 28.2. The summed E-state index contributed by atoms with van der Waals surface area (Å²) in [5.74, 6) is -1.48. The third kappa shape index (κ3) is 6.23. The Bertz CT molecular complexity index is 1480. The van der Waals surface area contributed by atoms with Crippen LogP contribution in [0.15, 0.2) is 41.2 Å². The maximum Gasteiger partial charge on any atom is 0.295 e. The van der Waals surface area contributed by atoms with Gasteiger partial charge in [0.25, 0.3) is 11.5 Å². The smallest absolute Gasteiger partial charge is 0.295 e. The summed E-state index contributed by atoms with van der Waals surface area (Å²) in [6.45, 7) is 6.50. The van der Waals surface area contributed by atoms with Crippen molar-refractivity contribution >= 4 is 29.1 Å². The van der Waals surface area contributed by atoms with Crippen LogP contribution in [0.2, 0.25) is 5.02 Å². The fourth-order valence-electron chi connectivity index (χ4n) is 4.90. The van der Waals surface area contributed by atoms with E-state index in [2.05, 4.69) is 10.6 Å². The highest BCUT2D eigenvalue weighted by molar-refractivity contribution is 6.31. The number of carbonyl (C=O) groups is 2. The third-order valence-corrected chi connectivity index (χ3v) is 7.05. The highest BCUT2D eigenvalue weighted by Gasteiger charge is 2.29. The van der Waals surface area contributed by atoms with Crippen molar-refractivity contribution in [3.8, 4) is 11.4 Å². The van der Waals surface area contributed by atoms with Crippen molar-refractivity contribution in [2.24, 2.45) is 5.41 Å². The number of aryl methyl sites for hydroxylation is 1. The molecule has 0 fully saturated rings. The Morgan fingerprint density at radius 2 is 1.95 bits per heavy atom. The molecule has 11 heteroatoms. The SMILES string of the molecule is CCOc1cc(F)c(Cl)cc1C(=O)NCC(C)(C)CC(=O)Nc1c(COC)n2n(c1=O)-c1ccccc1CCC2. The summed E-state index contributed by atoms with van der Waals surface area (Å²) in [7, 11) is 1.54. The van der Waals surface area contributed by atoms with Gasteiger partial charge in [-0.05, 0) is 42.9 Å². The van der Waals surface area contributed by atoms with Crippen LogP contribution in [0.25, 0.3) is 5.69 Å². The molecule has 0 radical (unpaired) electrons. The third-order valence-electron chi connectivity index (χ3n) is 6.76. The first kappa shape index (κ1) is 29.4. The van der Waals surface area contributed by atoms with E-state index in [0.717, 1.165) is 30.2 Å². The molecule has 40 heavy (non-hydrogen) atoms. The predicted octanol–water partition coefficient (Wildman–Crippen LogP) is 4.71. The Labute approximate surface area is 237 Å². The zero-order valence-corrected chi connectivity index (χ0v) is 23.9. The number of aromatic nitrogens is 2. The number of hydrogen-bond donors (Lipinski definition) is 2. The lowest BCUT2D eigenvalue weighted by Crippen LogP contribution is -2.37. The van der Waals surface area contributed by atoms with Crippen LogP contribution in [0.4, 0.5) is 10.1 Å². The van der Waals surface area contributed by atoms with Crippen LogP contribution in [0.5, 0.6) is 5.75 Å². The maximum absolute atomic E-state index is 13.9. The van der Waals surface area contributed by atoms with Gasteiger partial charge in [0.2, 0.25) is 5.91 Å². The number of fused-ring (bicyclic) bond motifs is 3. The Kier molecular flexibility index (Phi) is 9.00. The number of benzene rings is 2. The molecule has 1 aliphatic heterocycles. The molecule has 0 spiro atoms. The van der Waals surface area contributed by atoms with E-state index < -0.39 is 17.1 Å². The largest absolute Gasteiger partial charge is 0.493 e. The minimum absolute atomic E-state index is 0.0173. The summed E-state index contributed by atoms with van der Waals surface area (Å²) in [6.07, 6.45) is 1.70. The minimum atomic E-state index is -0.686. The van der Waals surface area contributed by atoms with Crippen LogP contribution in [0, 0.1) is 11.2 Å². The lowest BCUT2D eigenvalue weighted by Gasteiger charge is -2.24. The molecule has 3 aromatic rings. The molecule has 214 valence electrons. The average Bonchev–Trinajstić information content (AvgIpc) is 3.03. The second-order valence-corrected chi connectivity index (χ2v) is 10.9. The number of methoxy groups -OCH3 is 1. The molecule has 2 aromatic carbocycles. The van der Waals surface area contributed by atoms with Gasteiger partial charge in [0.15, 0.2) is 0 Å². The first-order chi connectivity index (χ1) is 19.1. The van der Waals surface area contributed by atoms with Crippen LogP contribution in [-0.4, -0.2) is 41.4 Å². The second kappa shape index (κ2) is 12.3. The van der Waals surface area contributed by atoms with Crippen LogP contribution in [0.1, 0.15) is 55.2 Å². The van der Waals surface area contributed by atoms with E-state index in [4.69, 9.17) is 21.1 Å². The number of anilines is 1. The molecule has 0 bridgehead atoms. The number of nitrogens with zero attached hydrogens (tertiary/aromatic N) is 2. The van der Waals surface area contributed by atoms with Crippen molar-refractivity contribution in [1.29, 1.82) is 0 Å². The van der Waals surface area contributed by atoms with E-state index in [1.165, 1.54) is 6.07 Å². The van der Waals surface area contributed by atoms with Gasteiger partial charge in [-0.2, -0.15) is 0 Å². The van der Waals surface area contributed by atoms with E-state index in [1.807, 2.05) is 42.8 Å². The molecule has 0 atom stereocenters. The number of rotatable bonds is 10. The molecule has 2 N–H and O–H groups in total. The summed E-state index contributed by atoms with van der Waals surface area (Å²) >= 11 is 5.89. The van der Waals surface area contributed by atoms with Crippen molar-refractivity contribution in [3.63, 3.8) is 0 Å². The summed E-state index contributed by atoms with van der Waals surface area (Å²) in [4.78, 5) is 39.7. The first-order valence-corrected chi connectivity index (χ1v) is 13.6. The molecule has 0 saturated heterocycles. The Hall–Kier alpha value is -3.63. The van der Waals surface area contributed by atoms with Crippen molar-refractivity contribution in [2.45, 2.75) is 53.2 Å². The number of amides is 2. The zero-order chi connectivity index (χ0) is 29.0. The highest BCUT2D eigenvalue weighted by atomic mass is 35.5.